The average molecular weight is 339 g/mol. The molecule has 0 saturated heterocycles. The van der Waals surface area contributed by atoms with Crippen molar-refractivity contribution in [1.82, 2.24) is 0 Å². The number of benzene rings is 1. The van der Waals surface area contributed by atoms with Crippen LogP contribution in [0.5, 0.6) is 11.5 Å². The Labute approximate surface area is 149 Å². The monoisotopic (exact) mass is 338 g/mol. The van der Waals surface area contributed by atoms with E-state index in [1.165, 1.54) is 25.9 Å². The van der Waals surface area contributed by atoms with E-state index in [0.29, 0.717) is 0 Å². The van der Waals surface area contributed by atoms with Crippen molar-refractivity contribution >= 4 is 0 Å². The van der Waals surface area contributed by atoms with E-state index in [4.69, 9.17) is 9.47 Å². The Morgan fingerprint density at radius 1 is 0.583 bits per heavy atom. The highest BCUT2D eigenvalue weighted by Gasteiger charge is 2.06. The summed E-state index contributed by atoms with van der Waals surface area (Å²) in [6.45, 7) is 3.94. The lowest BCUT2D eigenvalue weighted by molar-refractivity contribution is -0.870. The first kappa shape index (κ1) is 20.8. The second-order valence-corrected chi connectivity index (χ2v) is 8.61. The summed E-state index contributed by atoms with van der Waals surface area (Å²) in [5, 5.41) is 0. The van der Waals surface area contributed by atoms with Gasteiger partial charge in [-0.1, -0.05) is 0 Å². The molecule has 0 fully saturated rings. The standard InChI is InChI=1S/C20H38N2O2/c1-21(2,3)15-7-9-17-23-19-11-13-20(14-12-19)24-18-10-8-16-22(4,5)6/h11-14H,7-10,15-18H2,1-6H3/q+2. The number of hydrogen-bond donors (Lipinski definition) is 0. The molecule has 0 aromatic heterocycles. The van der Waals surface area contributed by atoms with Crippen LogP contribution in [-0.2, 0) is 0 Å². The zero-order valence-corrected chi connectivity index (χ0v) is 16.7. The molecule has 0 atom stereocenters. The summed E-state index contributed by atoms with van der Waals surface area (Å²) in [5.41, 5.74) is 0. The Bertz CT molecular complexity index is 401. The third-order valence-corrected chi connectivity index (χ3v) is 3.81. The van der Waals surface area contributed by atoms with E-state index >= 15 is 0 Å². The number of ether oxygens (including phenoxy) is 2. The minimum atomic E-state index is 0.783. The molecule has 1 aromatic carbocycles. The van der Waals surface area contributed by atoms with Gasteiger partial charge in [0, 0.05) is 0 Å². The first-order chi connectivity index (χ1) is 11.2. The summed E-state index contributed by atoms with van der Waals surface area (Å²) in [6.07, 6.45) is 4.58. The fourth-order valence-corrected chi connectivity index (χ4v) is 2.39. The minimum Gasteiger partial charge on any atom is -0.494 e. The van der Waals surface area contributed by atoms with Crippen LogP contribution in [0.15, 0.2) is 24.3 Å². The van der Waals surface area contributed by atoms with Gasteiger partial charge in [0.25, 0.3) is 0 Å². The summed E-state index contributed by atoms with van der Waals surface area (Å²) < 4.78 is 13.6. The lowest BCUT2D eigenvalue weighted by Gasteiger charge is -2.23. The molecular formula is C20H38N2O2+2. The van der Waals surface area contributed by atoms with E-state index < -0.39 is 0 Å². The molecule has 0 aliphatic carbocycles. The summed E-state index contributed by atoms with van der Waals surface area (Å²) in [7, 11) is 13.3. The summed E-state index contributed by atoms with van der Waals surface area (Å²) >= 11 is 0. The third kappa shape index (κ3) is 11.3. The quantitative estimate of drug-likeness (QED) is 0.429. The molecule has 4 nitrogen and oxygen atoms in total. The molecule has 0 N–H and O–H groups in total. The molecule has 4 heteroatoms. The van der Waals surface area contributed by atoms with Gasteiger partial charge in [-0.2, -0.15) is 0 Å². The number of quaternary nitrogens is 2. The van der Waals surface area contributed by atoms with Crippen molar-refractivity contribution in [1.29, 1.82) is 0 Å². The van der Waals surface area contributed by atoms with Crippen molar-refractivity contribution in [2.24, 2.45) is 0 Å². The van der Waals surface area contributed by atoms with Gasteiger partial charge in [0.15, 0.2) is 0 Å². The van der Waals surface area contributed by atoms with Gasteiger partial charge in [0.2, 0.25) is 0 Å². The van der Waals surface area contributed by atoms with Crippen molar-refractivity contribution < 1.29 is 18.4 Å². The maximum absolute atomic E-state index is 5.79. The number of nitrogens with zero attached hydrogens (tertiary/aromatic N) is 2. The van der Waals surface area contributed by atoms with Crippen molar-refractivity contribution in [2.45, 2.75) is 25.7 Å². The predicted octanol–water partition coefficient (Wildman–Crippen LogP) is 3.42. The highest BCUT2D eigenvalue weighted by Crippen LogP contribution is 2.18. The maximum atomic E-state index is 5.79. The first-order valence-corrected chi connectivity index (χ1v) is 9.12. The van der Waals surface area contributed by atoms with Gasteiger partial charge in [0.05, 0.1) is 68.6 Å². The van der Waals surface area contributed by atoms with Crippen molar-refractivity contribution in [2.75, 3.05) is 68.6 Å². The largest absolute Gasteiger partial charge is 0.494 e. The molecule has 1 rings (SSSR count). The second kappa shape index (κ2) is 9.90. The van der Waals surface area contributed by atoms with Gasteiger partial charge >= 0.3 is 0 Å². The molecule has 0 aliphatic rings. The van der Waals surface area contributed by atoms with Crippen LogP contribution >= 0.6 is 0 Å². The van der Waals surface area contributed by atoms with E-state index in [0.717, 1.165) is 46.5 Å². The molecule has 1 aromatic rings. The smallest absolute Gasteiger partial charge is 0.119 e. The molecule has 0 spiro atoms. The molecule has 0 bridgehead atoms. The second-order valence-electron chi connectivity index (χ2n) is 8.61. The SMILES string of the molecule is C[N+](C)(C)CCCCOc1ccc(OCCCC[N+](C)(C)C)cc1. The van der Waals surface area contributed by atoms with E-state index in [1.54, 1.807) is 0 Å². The zero-order valence-electron chi connectivity index (χ0n) is 16.7. The number of hydrogen-bond acceptors (Lipinski definition) is 2. The Balaban J connectivity index is 2.14. The normalized spacial score (nSPS) is 12.2. The fraction of sp³-hybridized carbons (Fsp3) is 0.700. The molecule has 138 valence electrons. The van der Waals surface area contributed by atoms with Crippen molar-refractivity contribution in [3.05, 3.63) is 24.3 Å². The van der Waals surface area contributed by atoms with Crippen LogP contribution in [-0.4, -0.2) is 77.6 Å². The fourth-order valence-electron chi connectivity index (χ4n) is 2.39. The van der Waals surface area contributed by atoms with Crippen molar-refractivity contribution in [3.63, 3.8) is 0 Å². The van der Waals surface area contributed by atoms with Gasteiger partial charge < -0.3 is 18.4 Å². The summed E-state index contributed by atoms with van der Waals surface area (Å²) in [6, 6.07) is 8.00. The van der Waals surface area contributed by atoms with Crippen LogP contribution in [0.1, 0.15) is 25.7 Å². The van der Waals surface area contributed by atoms with Gasteiger partial charge in [-0.25, -0.2) is 0 Å². The van der Waals surface area contributed by atoms with Gasteiger partial charge in [-0.05, 0) is 49.9 Å². The Kier molecular flexibility index (Phi) is 8.57. The minimum absolute atomic E-state index is 0.783. The van der Waals surface area contributed by atoms with Crippen LogP contribution in [0, 0.1) is 0 Å². The molecule has 0 amide bonds. The molecule has 0 saturated carbocycles. The lowest BCUT2D eigenvalue weighted by Crippen LogP contribution is -2.35. The number of unbranched alkanes of at least 4 members (excludes halogenated alkanes) is 2. The topological polar surface area (TPSA) is 18.5 Å². The summed E-state index contributed by atoms with van der Waals surface area (Å²) in [4.78, 5) is 0. The highest BCUT2D eigenvalue weighted by atomic mass is 16.5. The zero-order chi connectivity index (χ0) is 18.1. The molecular weight excluding hydrogens is 300 g/mol. The van der Waals surface area contributed by atoms with Gasteiger partial charge in [-0.15, -0.1) is 0 Å². The first-order valence-electron chi connectivity index (χ1n) is 9.12. The average Bonchev–Trinajstić information content (AvgIpc) is 2.45. The van der Waals surface area contributed by atoms with Gasteiger partial charge in [-0.3, -0.25) is 0 Å². The van der Waals surface area contributed by atoms with Crippen LogP contribution in [0.2, 0.25) is 0 Å². The lowest BCUT2D eigenvalue weighted by atomic mass is 10.3. The van der Waals surface area contributed by atoms with E-state index in [2.05, 4.69) is 42.3 Å². The van der Waals surface area contributed by atoms with Gasteiger partial charge in [0.1, 0.15) is 11.5 Å². The Morgan fingerprint density at radius 3 is 1.21 bits per heavy atom. The molecule has 0 radical (unpaired) electrons. The van der Waals surface area contributed by atoms with Crippen LogP contribution < -0.4 is 9.47 Å². The Hall–Kier alpha value is -1.26. The van der Waals surface area contributed by atoms with E-state index in [1.807, 2.05) is 24.3 Å². The molecule has 0 aliphatic heterocycles. The van der Waals surface area contributed by atoms with E-state index in [-0.39, 0.29) is 0 Å². The maximum Gasteiger partial charge on any atom is 0.119 e. The predicted molar refractivity (Wildman–Crippen MR) is 102 cm³/mol. The van der Waals surface area contributed by atoms with Crippen molar-refractivity contribution in [3.8, 4) is 11.5 Å². The molecule has 0 heterocycles. The third-order valence-electron chi connectivity index (χ3n) is 3.81. The van der Waals surface area contributed by atoms with Crippen LogP contribution in [0.4, 0.5) is 0 Å². The van der Waals surface area contributed by atoms with E-state index in [9.17, 15) is 0 Å². The molecule has 0 unspecified atom stereocenters. The molecule has 24 heavy (non-hydrogen) atoms. The summed E-state index contributed by atoms with van der Waals surface area (Å²) in [5.74, 6) is 1.86. The number of rotatable bonds is 12. The van der Waals surface area contributed by atoms with Crippen LogP contribution in [0.3, 0.4) is 0 Å². The van der Waals surface area contributed by atoms with Crippen LogP contribution in [0.25, 0.3) is 0 Å². The Morgan fingerprint density at radius 2 is 0.917 bits per heavy atom. The highest BCUT2D eigenvalue weighted by molar-refractivity contribution is 5.31.